The number of benzene rings is 2. The lowest BCUT2D eigenvalue weighted by Crippen LogP contribution is -1.97. The van der Waals surface area contributed by atoms with Crippen LogP contribution in [0.1, 0.15) is 12.5 Å². The Kier molecular flexibility index (Phi) is 4.82. The summed E-state index contributed by atoms with van der Waals surface area (Å²) in [7, 11) is 0. The first-order valence-corrected chi connectivity index (χ1v) is 6.69. The van der Waals surface area contributed by atoms with E-state index in [1.54, 1.807) is 12.1 Å². The predicted molar refractivity (Wildman–Crippen MR) is 81.4 cm³/mol. The van der Waals surface area contributed by atoms with E-state index in [2.05, 4.69) is 12.6 Å². The van der Waals surface area contributed by atoms with E-state index in [0.717, 1.165) is 12.1 Å². The molecule has 22 heavy (non-hydrogen) atoms. The van der Waals surface area contributed by atoms with Crippen LogP contribution < -0.4 is 4.74 Å². The molecule has 0 spiro atoms. The van der Waals surface area contributed by atoms with Crippen LogP contribution in [-0.4, -0.2) is 11.1 Å². The van der Waals surface area contributed by atoms with Crippen molar-refractivity contribution in [2.45, 2.75) is 11.8 Å². The standard InChI is InChI=1S/C16H12F2O3S/c1-9(16(19)20)6-10-7-13(17)15(14(18)8-10)21-11-2-4-12(22)5-3-11/h2-8,22H,1H3,(H,19,20)/b9-6+. The molecule has 114 valence electrons. The van der Waals surface area contributed by atoms with Gasteiger partial charge in [0.15, 0.2) is 17.4 Å². The minimum atomic E-state index is -1.16. The maximum absolute atomic E-state index is 14.0. The van der Waals surface area contributed by atoms with Crippen LogP contribution in [0.3, 0.4) is 0 Å². The molecule has 0 aromatic heterocycles. The van der Waals surface area contributed by atoms with Crippen LogP contribution in [0.2, 0.25) is 0 Å². The Labute approximate surface area is 131 Å². The van der Waals surface area contributed by atoms with Crippen molar-refractivity contribution < 1.29 is 23.4 Å². The number of rotatable bonds is 4. The van der Waals surface area contributed by atoms with Crippen LogP contribution in [0.4, 0.5) is 8.78 Å². The summed E-state index contributed by atoms with van der Waals surface area (Å²) in [6.45, 7) is 1.33. The maximum Gasteiger partial charge on any atom is 0.331 e. The molecule has 0 heterocycles. The third kappa shape index (κ3) is 3.85. The number of hydrogen-bond donors (Lipinski definition) is 2. The lowest BCUT2D eigenvalue weighted by molar-refractivity contribution is -0.132. The number of halogens is 2. The van der Waals surface area contributed by atoms with E-state index in [4.69, 9.17) is 9.84 Å². The molecule has 0 amide bonds. The molecule has 6 heteroatoms. The molecule has 0 unspecified atom stereocenters. The van der Waals surface area contributed by atoms with E-state index in [9.17, 15) is 13.6 Å². The molecular weight excluding hydrogens is 310 g/mol. The van der Waals surface area contributed by atoms with Gasteiger partial charge in [-0.3, -0.25) is 0 Å². The molecule has 0 saturated heterocycles. The van der Waals surface area contributed by atoms with Gasteiger partial charge in [0.2, 0.25) is 0 Å². The van der Waals surface area contributed by atoms with Crippen molar-refractivity contribution in [2.24, 2.45) is 0 Å². The normalized spacial score (nSPS) is 11.4. The van der Waals surface area contributed by atoms with E-state index in [1.807, 2.05) is 0 Å². The van der Waals surface area contributed by atoms with Crippen LogP contribution in [0, 0.1) is 11.6 Å². The van der Waals surface area contributed by atoms with Gasteiger partial charge in [0.1, 0.15) is 5.75 Å². The van der Waals surface area contributed by atoms with Gasteiger partial charge in [-0.25, -0.2) is 13.6 Å². The molecule has 0 atom stereocenters. The maximum atomic E-state index is 14.0. The molecule has 2 aromatic rings. The third-order valence-corrected chi connectivity index (χ3v) is 3.10. The van der Waals surface area contributed by atoms with Crippen molar-refractivity contribution in [3.8, 4) is 11.5 Å². The van der Waals surface area contributed by atoms with Crippen molar-refractivity contribution in [1.29, 1.82) is 0 Å². The van der Waals surface area contributed by atoms with E-state index in [-0.39, 0.29) is 16.9 Å². The fourth-order valence-electron chi connectivity index (χ4n) is 1.70. The number of ether oxygens (including phenoxy) is 1. The first-order chi connectivity index (χ1) is 10.4. The second-order valence-corrected chi connectivity index (χ2v) is 5.06. The molecule has 0 saturated carbocycles. The summed E-state index contributed by atoms with van der Waals surface area (Å²) in [6, 6.07) is 8.34. The van der Waals surface area contributed by atoms with Gasteiger partial charge < -0.3 is 9.84 Å². The molecule has 1 N–H and O–H groups in total. The fourth-order valence-corrected chi connectivity index (χ4v) is 1.85. The minimum Gasteiger partial charge on any atom is -0.478 e. The molecule has 0 aliphatic rings. The lowest BCUT2D eigenvalue weighted by atomic mass is 10.1. The highest BCUT2D eigenvalue weighted by Gasteiger charge is 2.14. The molecule has 0 radical (unpaired) electrons. The van der Waals surface area contributed by atoms with Gasteiger partial charge in [-0.05, 0) is 55.0 Å². The molecule has 0 bridgehead atoms. The van der Waals surface area contributed by atoms with Crippen molar-refractivity contribution in [1.82, 2.24) is 0 Å². The van der Waals surface area contributed by atoms with Crippen LogP contribution >= 0.6 is 12.6 Å². The Morgan fingerprint density at radius 3 is 2.23 bits per heavy atom. The van der Waals surface area contributed by atoms with Gasteiger partial charge in [-0.1, -0.05) is 0 Å². The SMILES string of the molecule is C/C(=C\c1cc(F)c(Oc2ccc(S)cc2)c(F)c1)C(=O)O. The Morgan fingerprint density at radius 1 is 1.18 bits per heavy atom. The zero-order chi connectivity index (χ0) is 16.3. The Hall–Kier alpha value is -2.34. The summed E-state index contributed by atoms with van der Waals surface area (Å²) < 4.78 is 33.1. The molecule has 3 nitrogen and oxygen atoms in total. The Morgan fingerprint density at radius 2 is 1.73 bits per heavy atom. The molecule has 0 aliphatic heterocycles. The van der Waals surface area contributed by atoms with Crippen LogP contribution in [0.25, 0.3) is 6.08 Å². The fraction of sp³-hybridized carbons (Fsp3) is 0.0625. The number of thiol groups is 1. The smallest absolute Gasteiger partial charge is 0.331 e. The number of carbonyl (C=O) groups is 1. The first kappa shape index (κ1) is 16.0. The average molecular weight is 322 g/mol. The predicted octanol–water partition coefficient (Wildman–Crippen LogP) is 4.53. The van der Waals surface area contributed by atoms with Gasteiger partial charge in [0.25, 0.3) is 0 Å². The summed E-state index contributed by atoms with van der Waals surface area (Å²) in [5, 5.41) is 8.77. The molecular formula is C16H12F2O3S. The zero-order valence-electron chi connectivity index (χ0n) is 11.5. The second kappa shape index (κ2) is 6.62. The summed E-state index contributed by atoms with van der Waals surface area (Å²) in [5.41, 5.74) is 0.0739. The second-order valence-electron chi connectivity index (χ2n) is 4.54. The van der Waals surface area contributed by atoms with E-state index >= 15 is 0 Å². The van der Waals surface area contributed by atoms with Crippen LogP contribution in [0.5, 0.6) is 11.5 Å². The van der Waals surface area contributed by atoms with Crippen molar-refractivity contribution >= 4 is 24.7 Å². The lowest BCUT2D eigenvalue weighted by Gasteiger charge is -2.09. The number of carboxylic acids is 1. The van der Waals surface area contributed by atoms with E-state index in [0.29, 0.717) is 4.90 Å². The number of aliphatic carboxylic acids is 1. The molecule has 2 aromatic carbocycles. The topological polar surface area (TPSA) is 46.5 Å². The van der Waals surface area contributed by atoms with Crippen molar-refractivity contribution in [3.05, 3.63) is 59.2 Å². The van der Waals surface area contributed by atoms with Crippen molar-refractivity contribution in [3.63, 3.8) is 0 Å². The van der Waals surface area contributed by atoms with Crippen LogP contribution in [-0.2, 0) is 4.79 Å². The van der Waals surface area contributed by atoms with Gasteiger partial charge in [0, 0.05) is 10.5 Å². The molecule has 0 aliphatic carbocycles. The zero-order valence-corrected chi connectivity index (χ0v) is 12.4. The van der Waals surface area contributed by atoms with Crippen LogP contribution in [0.15, 0.2) is 46.9 Å². The number of carboxylic acid groups (broad SMARTS) is 1. The average Bonchev–Trinajstić information content (AvgIpc) is 2.44. The minimum absolute atomic E-state index is 0.0307. The molecule has 0 fully saturated rings. The van der Waals surface area contributed by atoms with Gasteiger partial charge >= 0.3 is 5.97 Å². The highest BCUT2D eigenvalue weighted by Crippen LogP contribution is 2.29. The van der Waals surface area contributed by atoms with Gasteiger partial charge in [-0.15, -0.1) is 12.6 Å². The number of hydrogen-bond acceptors (Lipinski definition) is 3. The summed E-state index contributed by atoms with van der Waals surface area (Å²) in [5.74, 6) is -3.27. The van der Waals surface area contributed by atoms with E-state index in [1.165, 1.54) is 25.1 Å². The Balaban J connectivity index is 2.33. The summed E-state index contributed by atoms with van der Waals surface area (Å²) in [6.07, 6.45) is 1.17. The third-order valence-electron chi connectivity index (χ3n) is 2.80. The largest absolute Gasteiger partial charge is 0.478 e. The van der Waals surface area contributed by atoms with Crippen molar-refractivity contribution in [2.75, 3.05) is 0 Å². The highest BCUT2D eigenvalue weighted by molar-refractivity contribution is 7.80. The Bertz CT molecular complexity index is 717. The van der Waals surface area contributed by atoms with Gasteiger partial charge in [-0.2, -0.15) is 0 Å². The quantitative estimate of drug-likeness (QED) is 0.642. The first-order valence-electron chi connectivity index (χ1n) is 6.24. The van der Waals surface area contributed by atoms with Gasteiger partial charge in [0.05, 0.1) is 0 Å². The van der Waals surface area contributed by atoms with E-state index < -0.39 is 23.4 Å². The highest BCUT2D eigenvalue weighted by atomic mass is 32.1. The summed E-state index contributed by atoms with van der Waals surface area (Å²) >= 11 is 4.10. The monoisotopic (exact) mass is 322 g/mol. The molecule has 2 rings (SSSR count). The summed E-state index contributed by atoms with van der Waals surface area (Å²) in [4.78, 5) is 11.4.